The Labute approximate surface area is 223 Å². The van der Waals surface area contributed by atoms with E-state index in [0.29, 0.717) is 21.8 Å². The summed E-state index contributed by atoms with van der Waals surface area (Å²) in [7, 11) is 0. The smallest absolute Gasteiger partial charge is 0.265 e. The third kappa shape index (κ3) is 5.02. The van der Waals surface area contributed by atoms with Crippen molar-refractivity contribution in [1.82, 2.24) is 9.78 Å². The fourth-order valence-electron chi connectivity index (χ4n) is 4.45. The van der Waals surface area contributed by atoms with Gasteiger partial charge in [-0.3, -0.25) is 9.59 Å². The Morgan fingerprint density at radius 3 is 2.26 bits per heavy atom. The molecule has 38 heavy (non-hydrogen) atoms. The number of hydrogen-bond donors (Lipinski definition) is 2. The van der Waals surface area contributed by atoms with Gasteiger partial charge in [0.15, 0.2) is 0 Å². The first kappa shape index (κ1) is 23.9. The van der Waals surface area contributed by atoms with Crippen LogP contribution in [0.1, 0.15) is 20.0 Å². The molecule has 0 atom stereocenters. The first-order valence-corrected chi connectivity index (χ1v) is 13.2. The Hall–Kier alpha value is -4.47. The van der Waals surface area contributed by atoms with Gasteiger partial charge in [0.25, 0.3) is 11.8 Å². The van der Waals surface area contributed by atoms with E-state index in [2.05, 4.69) is 20.6 Å². The number of nitrogens with one attached hydrogen (secondary N) is 2. The van der Waals surface area contributed by atoms with Crippen LogP contribution < -0.4 is 15.5 Å². The summed E-state index contributed by atoms with van der Waals surface area (Å²) in [5, 5.41) is 13.2. The van der Waals surface area contributed by atoms with Crippen molar-refractivity contribution in [3.8, 4) is 5.69 Å². The van der Waals surface area contributed by atoms with Crippen molar-refractivity contribution in [1.29, 1.82) is 0 Å². The monoisotopic (exact) mass is 523 g/mol. The summed E-state index contributed by atoms with van der Waals surface area (Å²) in [6.07, 6.45) is 1.77. The quantitative estimate of drug-likeness (QED) is 0.310. The summed E-state index contributed by atoms with van der Waals surface area (Å²) < 4.78 is 7.24. The van der Waals surface area contributed by atoms with E-state index in [1.165, 1.54) is 11.3 Å². The van der Waals surface area contributed by atoms with Crippen LogP contribution in [0.25, 0.3) is 16.6 Å². The molecule has 1 fully saturated rings. The van der Waals surface area contributed by atoms with Gasteiger partial charge in [-0.1, -0.05) is 6.07 Å². The second-order valence-corrected chi connectivity index (χ2v) is 9.86. The number of benzene rings is 3. The van der Waals surface area contributed by atoms with Crippen molar-refractivity contribution in [2.24, 2.45) is 0 Å². The number of carbonyl (C=O) groups excluding carboxylic acids is 2. The lowest BCUT2D eigenvalue weighted by Gasteiger charge is -2.28. The van der Waals surface area contributed by atoms with Gasteiger partial charge < -0.3 is 20.3 Å². The predicted molar refractivity (Wildman–Crippen MR) is 151 cm³/mol. The number of carbonyl (C=O) groups is 2. The molecule has 190 valence electrons. The molecule has 0 saturated carbocycles. The highest BCUT2D eigenvalue weighted by Crippen LogP contribution is 2.24. The van der Waals surface area contributed by atoms with Crippen LogP contribution in [0.4, 0.5) is 17.1 Å². The Morgan fingerprint density at radius 2 is 1.53 bits per heavy atom. The van der Waals surface area contributed by atoms with Crippen LogP contribution in [-0.2, 0) is 4.74 Å². The molecular weight excluding hydrogens is 498 g/mol. The molecule has 0 spiro atoms. The molecule has 0 unspecified atom stereocenters. The van der Waals surface area contributed by atoms with E-state index < -0.39 is 0 Å². The third-order valence-corrected chi connectivity index (χ3v) is 7.31. The van der Waals surface area contributed by atoms with Gasteiger partial charge in [-0.2, -0.15) is 5.10 Å². The highest BCUT2D eigenvalue weighted by atomic mass is 32.1. The molecule has 2 amide bonds. The van der Waals surface area contributed by atoms with Crippen molar-refractivity contribution in [2.45, 2.75) is 0 Å². The predicted octanol–water partition coefficient (Wildman–Crippen LogP) is 5.43. The standard InChI is InChI=1S/C29H25N5O3S/c35-28(20-3-8-24(9-4-20)33-13-15-37-16-14-33)32-23-7-12-26-21(18-23)19-30-34(26)25-10-5-22(6-11-25)31-29(36)27-2-1-17-38-27/h1-12,17-19H,13-16H2,(H,31,36)(H,32,35). The fraction of sp³-hybridized carbons (Fsp3) is 0.138. The number of morpholine rings is 1. The second kappa shape index (κ2) is 10.5. The molecule has 3 heterocycles. The lowest BCUT2D eigenvalue weighted by molar-refractivity contribution is 0.102. The minimum absolute atomic E-state index is 0.125. The van der Waals surface area contributed by atoms with Crippen molar-refractivity contribution in [3.05, 3.63) is 101 Å². The zero-order chi connectivity index (χ0) is 25.9. The van der Waals surface area contributed by atoms with Crippen molar-refractivity contribution in [2.75, 3.05) is 41.8 Å². The van der Waals surface area contributed by atoms with Gasteiger partial charge in [0.1, 0.15) is 0 Å². The molecule has 1 saturated heterocycles. The van der Waals surface area contributed by atoms with E-state index in [9.17, 15) is 9.59 Å². The largest absolute Gasteiger partial charge is 0.378 e. The molecule has 0 aliphatic carbocycles. The number of aromatic nitrogens is 2. The number of hydrogen-bond acceptors (Lipinski definition) is 6. The zero-order valence-corrected chi connectivity index (χ0v) is 21.3. The van der Waals surface area contributed by atoms with Gasteiger partial charge in [0.05, 0.1) is 35.5 Å². The normalized spacial score (nSPS) is 13.4. The van der Waals surface area contributed by atoms with E-state index in [4.69, 9.17) is 4.74 Å². The SMILES string of the molecule is O=C(Nc1ccc2c(cnn2-c2ccc(NC(=O)c3cccs3)cc2)c1)c1ccc(N2CCOCC2)cc1. The Bertz CT molecular complexity index is 1570. The molecule has 2 aromatic heterocycles. The van der Waals surface area contributed by atoms with E-state index in [1.54, 1.807) is 12.3 Å². The van der Waals surface area contributed by atoms with Crippen LogP contribution in [0.2, 0.25) is 0 Å². The van der Waals surface area contributed by atoms with Gasteiger partial charge in [0.2, 0.25) is 0 Å². The molecular formula is C29H25N5O3S. The average Bonchev–Trinajstić information content (AvgIpc) is 3.65. The molecule has 0 radical (unpaired) electrons. The fourth-order valence-corrected chi connectivity index (χ4v) is 5.07. The van der Waals surface area contributed by atoms with Crippen LogP contribution in [0.15, 0.2) is 90.4 Å². The third-order valence-electron chi connectivity index (χ3n) is 6.45. The zero-order valence-electron chi connectivity index (χ0n) is 20.5. The number of ether oxygens (including phenoxy) is 1. The van der Waals surface area contributed by atoms with Gasteiger partial charge in [-0.25, -0.2) is 4.68 Å². The van der Waals surface area contributed by atoms with Gasteiger partial charge >= 0.3 is 0 Å². The van der Waals surface area contributed by atoms with Crippen LogP contribution in [0.5, 0.6) is 0 Å². The number of anilines is 3. The molecule has 5 aromatic rings. The number of rotatable bonds is 6. The number of thiophene rings is 1. The van der Waals surface area contributed by atoms with Gasteiger partial charge in [-0.15, -0.1) is 11.3 Å². The molecule has 2 N–H and O–H groups in total. The van der Waals surface area contributed by atoms with Crippen LogP contribution >= 0.6 is 11.3 Å². The molecule has 3 aromatic carbocycles. The van der Waals surface area contributed by atoms with Crippen LogP contribution in [0.3, 0.4) is 0 Å². The van der Waals surface area contributed by atoms with Gasteiger partial charge in [0, 0.05) is 41.1 Å². The first-order valence-electron chi connectivity index (χ1n) is 12.3. The van der Waals surface area contributed by atoms with Gasteiger partial charge in [-0.05, 0) is 78.2 Å². The van der Waals surface area contributed by atoms with Crippen molar-refractivity contribution >= 4 is 51.1 Å². The molecule has 1 aliphatic heterocycles. The summed E-state index contributed by atoms with van der Waals surface area (Å²) in [6, 6.07) is 24.6. The summed E-state index contributed by atoms with van der Waals surface area (Å²) in [4.78, 5) is 28.1. The van der Waals surface area contributed by atoms with E-state index in [1.807, 2.05) is 82.9 Å². The molecule has 6 rings (SSSR count). The molecule has 9 heteroatoms. The maximum absolute atomic E-state index is 12.9. The van der Waals surface area contributed by atoms with E-state index in [0.717, 1.165) is 48.6 Å². The maximum Gasteiger partial charge on any atom is 0.265 e. The second-order valence-electron chi connectivity index (χ2n) is 8.91. The van der Waals surface area contributed by atoms with E-state index >= 15 is 0 Å². The molecule has 1 aliphatic rings. The first-order chi connectivity index (χ1) is 18.6. The summed E-state index contributed by atoms with van der Waals surface area (Å²) in [6.45, 7) is 3.16. The Balaban J connectivity index is 1.13. The highest BCUT2D eigenvalue weighted by molar-refractivity contribution is 7.12. The van der Waals surface area contributed by atoms with Crippen LogP contribution in [-0.4, -0.2) is 47.9 Å². The van der Waals surface area contributed by atoms with Crippen LogP contribution in [0, 0.1) is 0 Å². The number of fused-ring (bicyclic) bond motifs is 1. The van der Waals surface area contributed by atoms with Crippen molar-refractivity contribution in [3.63, 3.8) is 0 Å². The lowest BCUT2D eigenvalue weighted by atomic mass is 10.1. The summed E-state index contributed by atoms with van der Waals surface area (Å²) in [5.74, 6) is -0.287. The Morgan fingerprint density at radius 1 is 0.816 bits per heavy atom. The number of amides is 2. The maximum atomic E-state index is 12.9. The Kier molecular flexibility index (Phi) is 6.60. The molecule has 0 bridgehead atoms. The minimum Gasteiger partial charge on any atom is -0.378 e. The molecule has 8 nitrogen and oxygen atoms in total. The lowest BCUT2D eigenvalue weighted by Crippen LogP contribution is -2.36. The summed E-state index contributed by atoms with van der Waals surface area (Å²) >= 11 is 1.40. The average molecular weight is 524 g/mol. The highest BCUT2D eigenvalue weighted by Gasteiger charge is 2.13. The topological polar surface area (TPSA) is 88.5 Å². The summed E-state index contributed by atoms with van der Waals surface area (Å²) in [5.41, 5.74) is 4.89. The van der Waals surface area contributed by atoms with E-state index in [-0.39, 0.29) is 11.8 Å². The van der Waals surface area contributed by atoms with Crippen molar-refractivity contribution < 1.29 is 14.3 Å². The minimum atomic E-state index is -0.162. The number of nitrogens with zero attached hydrogens (tertiary/aromatic N) is 3.